The fourth-order valence-corrected chi connectivity index (χ4v) is 4.93. The van der Waals surface area contributed by atoms with Gasteiger partial charge in [-0.2, -0.15) is 0 Å². The molecule has 0 aliphatic carbocycles. The first-order valence-corrected chi connectivity index (χ1v) is 11.1. The van der Waals surface area contributed by atoms with Crippen LogP contribution in [0.2, 0.25) is 0 Å². The number of carbonyl (C=O) groups excluding carboxylic acids is 1. The fourth-order valence-electron chi connectivity index (χ4n) is 3.81. The molecule has 3 aromatic carbocycles. The SMILES string of the molecule is COc1ccc(C)cc1NC(=O)[C@@H](N[C@@H]1CCSc2ccccc21)c1ccccc1. The number of rotatable bonds is 6. The number of aryl methyl sites for hydroxylation is 1. The fraction of sp³-hybridized carbons (Fsp3) is 0.240. The molecule has 0 fully saturated rings. The summed E-state index contributed by atoms with van der Waals surface area (Å²) in [7, 11) is 1.61. The molecule has 0 spiro atoms. The summed E-state index contributed by atoms with van der Waals surface area (Å²) in [5.41, 5.74) is 3.95. The Morgan fingerprint density at radius 1 is 1.07 bits per heavy atom. The average molecular weight is 419 g/mol. The van der Waals surface area contributed by atoms with E-state index in [1.807, 2.05) is 67.2 Å². The van der Waals surface area contributed by atoms with E-state index in [1.165, 1.54) is 10.5 Å². The summed E-state index contributed by atoms with van der Waals surface area (Å²) in [6, 6.07) is 23.8. The highest BCUT2D eigenvalue weighted by Crippen LogP contribution is 2.37. The second-order valence-corrected chi connectivity index (χ2v) is 8.57. The van der Waals surface area contributed by atoms with Gasteiger partial charge in [-0.05, 0) is 54.0 Å². The zero-order valence-corrected chi connectivity index (χ0v) is 18.0. The number of ether oxygens (including phenoxy) is 1. The predicted molar refractivity (Wildman–Crippen MR) is 123 cm³/mol. The number of methoxy groups -OCH3 is 1. The van der Waals surface area contributed by atoms with E-state index in [-0.39, 0.29) is 11.9 Å². The number of anilines is 1. The van der Waals surface area contributed by atoms with Gasteiger partial charge in [0.1, 0.15) is 11.8 Å². The lowest BCUT2D eigenvalue weighted by molar-refractivity contribution is -0.118. The summed E-state index contributed by atoms with van der Waals surface area (Å²) in [4.78, 5) is 14.7. The number of thioether (sulfide) groups is 1. The van der Waals surface area contributed by atoms with Crippen molar-refractivity contribution in [2.24, 2.45) is 0 Å². The van der Waals surface area contributed by atoms with E-state index in [4.69, 9.17) is 4.74 Å². The third-order valence-corrected chi connectivity index (χ3v) is 6.46. The Morgan fingerprint density at radius 3 is 2.63 bits per heavy atom. The molecule has 0 unspecified atom stereocenters. The highest BCUT2D eigenvalue weighted by atomic mass is 32.2. The normalized spacial score (nSPS) is 16.4. The molecule has 1 aliphatic heterocycles. The molecule has 0 saturated carbocycles. The third-order valence-electron chi connectivity index (χ3n) is 5.33. The molecule has 1 aliphatic rings. The van der Waals surface area contributed by atoms with Crippen molar-refractivity contribution in [2.45, 2.75) is 30.3 Å². The van der Waals surface area contributed by atoms with Crippen LogP contribution in [0.1, 0.15) is 35.2 Å². The van der Waals surface area contributed by atoms with Gasteiger partial charge in [0, 0.05) is 10.9 Å². The van der Waals surface area contributed by atoms with Crippen LogP contribution < -0.4 is 15.4 Å². The summed E-state index contributed by atoms with van der Waals surface area (Å²) in [6.07, 6.45) is 0.978. The first kappa shape index (κ1) is 20.5. The van der Waals surface area contributed by atoms with Crippen LogP contribution in [-0.4, -0.2) is 18.8 Å². The molecule has 4 rings (SSSR count). The van der Waals surface area contributed by atoms with Crippen LogP contribution >= 0.6 is 11.8 Å². The maximum Gasteiger partial charge on any atom is 0.246 e. The average Bonchev–Trinajstić information content (AvgIpc) is 2.78. The molecule has 3 aromatic rings. The van der Waals surface area contributed by atoms with Crippen LogP contribution in [-0.2, 0) is 4.79 Å². The maximum atomic E-state index is 13.4. The second-order valence-electron chi connectivity index (χ2n) is 7.43. The van der Waals surface area contributed by atoms with Gasteiger partial charge in [0.15, 0.2) is 0 Å². The van der Waals surface area contributed by atoms with E-state index in [9.17, 15) is 4.79 Å². The second kappa shape index (κ2) is 9.37. The number of amides is 1. The molecule has 2 N–H and O–H groups in total. The topological polar surface area (TPSA) is 50.4 Å². The maximum absolute atomic E-state index is 13.4. The van der Waals surface area contributed by atoms with Crippen molar-refractivity contribution in [2.75, 3.05) is 18.2 Å². The number of hydrogen-bond acceptors (Lipinski definition) is 4. The van der Waals surface area contributed by atoms with Crippen LogP contribution in [0.15, 0.2) is 77.7 Å². The van der Waals surface area contributed by atoms with Crippen molar-refractivity contribution in [1.82, 2.24) is 5.32 Å². The minimum Gasteiger partial charge on any atom is -0.495 e. The van der Waals surface area contributed by atoms with Gasteiger partial charge in [-0.3, -0.25) is 10.1 Å². The van der Waals surface area contributed by atoms with Gasteiger partial charge in [0.05, 0.1) is 12.8 Å². The number of carbonyl (C=O) groups is 1. The molecule has 2 atom stereocenters. The zero-order chi connectivity index (χ0) is 20.9. The molecular weight excluding hydrogens is 392 g/mol. The minimum absolute atomic E-state index is 0.0965. The van der Waals surface area contributed by atoms with Crippen molar-refractivity contribution in [3.63, 3.8) is 0 Å². The Kier molecular flexibility index (Phi) is 6.41. The van der Waals surface area contributed by atoms with Crippen molar-refractivity contribution in [3.05, 3.63) is 89.5 Å². The van der Waals surface area contributed by atoms with Crippen molar-refractivity contribution >= 4 is 23.4 Å². The Hall–Kier alpha value is -2.76. The highest BCUT2D eigenvalue weighted by Gasteiger charge is 2.28. The minimum atomic E-state index is -0.474. The first-order chi connectivity index (χ1) is 14.7. The summed E-state index contributed by atoms with van der Waals surface area (Å²) in [5, 5.41) is 6.72. The number of hydrogen-bond donors (Lipinski definition) is 2. The standard InChI is InChI=1S/C25H26N2O2S/c1-17-12-13-22(29-2)21(16-17)27-25(28)24(18-8-4-3-5-9-18)26-20-14-15-30-23-11-7-6-10-19(20)23/h3-13,16,20,24,26H,14-15H2,1-2H3,(H,27,28)/t20-,24+/m1/s1. The lowest BCUT2D eigenvalue weighted by Crippen LogP contribution is -2.36. The number of fused-ring (bicyclic) bond motifs is 1. The van der Waals surface area contributed by atoms with Gasteiger partial charge in [0.25, 0.3) is 0 Å². The molecule has 4 nitrogen and oxygen atoms in total. The van der Waals surface area contributed by atoms with E-state index in [2.05, 4.69) is 34.9 Å². The van der Waals surface area contributed by atoms with E-state index < -0.39 is 6.04 Å². The van der Waals surface area contributed by atoms with E-state index in [1.54, 1.807) is 7.11 Å². The molecule has 5 heteroatoms. The third kappa shape index (κ3) is 4.53. The molecule has 0 radical (unpaired) electrons. The van der Waals surface area contributed by atoms with Gasteiger partial charge < -0.3 is 10.1 Å². The largest absolute Gasteiger partial charge is 0.495 e. The Morgan fingerprint density at radius 2 is 1.83 bits per heavy atom. The quantitative estimate of drug-likeness (QED) is 0.554. The summed E-state index contributed by atoms with van der Waals surface area (Å²) in [5.74, 6) is 1.59. The number of benzene rings is 3. The van der Waals surface area contributed by atoms with Crippen LogP contribution in [0.5, 0.6) is 5.75 Å². The Balaban J connectivity index is 1.63. The Labute approximate surface area is 182 Å². The van der Waals surface area contributed by atoms with Crippen LogP contribution in [0.3, 0.4) is 0 Å². The summed E-state index contributed by atoms with van der Waals surface area (Å²) >= 11 is 1.88. The monoisotopic (exact) mass is 418 g/mol. The van der Waals surface area contributed by atoms with Gasteiger partial charge in [-0.25, -0.2) is 0 Å². The van der Waals surface area contributed by atoms with E-state index >= 15 is 0 Å². The Bertz CT molecular complexity index is 1020. The van der Waals surface area contributed by atoms with E-state index in [0.29, 0.717) is 11.4 Å². The predicted octanol–water partition coefficient (Wildman–Crippen LogP) is 5.51. The summed E-state index contributed by atoms with van der Waals surface area (Å²) in [6.45, 7) is 2.00. The van der Waals surface area contributed by atoms with Gasteiger partial charge in [-0.1, -0.05) is 54.6 Å². The highest BCUT2D eigenvalue weighted by molar-refractivity contribution is 7.99. The smallest absolute Gasteiger partial charge is 0.246 e. The molecular formula is C25H26N2O2S. The van der Waals surface area contributed by atoms with Gasteiger partial charge in [0.2, 0.25) is 5.91 Å². The van der Waals surface area contributed by atoms with E-state index in [0.717, 1.165) is 23.3 Å². The summed E-state index contributed by atoms with van der Waals surface area (Å²) < 4.78 is 5.45. The molecule has 0 bridgehead atoms. The first-order valence-electron chi connectivity index (χ1n) is 10.1. The van der Waals surface area contributed by atoms with Crippen LogP contribution in [0, 0.1) is 6.92 Å². The molecule has 1 heterocycles. The molecule has 0 aromatic heterocycles. The molecule has 154 valence electrons. The lowest BCUT2D eigenvalue weighted by Gasteiger charge is -2.30. The zero-order valence-electron chi connectivity index (χ0n) is 17.2. The van der Waals surface area contributed by atoms with Crippen molar-refractivity contribution in [1.29, 1.82) is 0 Å². The van der Waals surface area contributed by atoms with Crippen molar-refractivity contribution in [3.8, 4) is 5.75 Å². The van der Waals surface area contributed by atoms with Gasteiger partial charge in [-0.15, -0.1) is 11.8 Å². The molecule has 0 saturated heterocycles. The van der Waals surface area contributed by atoms with Crippen molar-refractivity contribution < 1.29 is 9.53 Å². The lowest BCUT2D eigenvalue weighted by atomic mass is 9.99. The van der Waals surface area contributed by atoms with Crippen LogP contribution in [0.4, 0.5) is 5.69 Å². The van der Waals surface area contributed by atoms with Gasteiger partial charge >= 0.3 is 0 Å². The molecule has 1 amide bonds. The van der Waals surface area contributed by atoms with Crippen LogP contribution in [0.25, 0.3) is 0 Å². The molecule has 30 heavy (non-hydrogen) atoms. The number of nitrogens with one attached hydrogen (secondary N) is 2.